The van der Waals surface area contributed by atoms with Crippen LogP contribution in [-0.2, 0) is 0 Å². The minimum atomic E-state index is -0.478. The van der Waals surface area contributed by atoms with Crippen molar-refractivity contribution in [3.05, 3.63) is 45.2 Å². The van der Waals surface area contributed by atoms with E-state index >= 15 is 0 Å². The highest BCUT2D eigenvalue weighted by Gasteiger charge is 2.26. The normalized spacial score (nSPS) is 14.8. The Bertz CT molecular complexity index is 990. The summed E-state index contributed by atoms with van der Waals surface area (Å²) in [6.45, 7) is 4.24. The number of rotatable bonds is 3. The van der Waals surface area contributed by atoms with Crippen LogP contribution in [0.1, 0.15) is 15.4 Å². The maximum atomic E-state index is 12.6. The number of hydrogen-bond donors (Lipinski definition) is 0. The van der Waals surface area contributed by atoms with Crippen LogP contribution in [0.4, 0.5) is 10.8 Å². The summed E-state index contributed by atoms with van der Waals surface area (Å²) in [5.74, 6) is 1.27. The first-order valence-corrected chi connectivity index (χ1v) is 8.80. The Labute approximate surface area is 151 Å². The molecule has 11 heteroatoms. The van der Waals surface area contributed by atoms with Crippen molar-refractivity contribution >= 4 is 33.8 Å². The van der Waals surface area contributed by atoms with Gasteiger partial charge in [-0.25, -0.2) is 4.98 Å². The Balaban J connectivity index is 1.49. The number of fused-ring (bicyclic) bond motifs is 1. The second-order valence-electron chi connectivity index (χ2n) is 5.90. The van der Waals surface area contributed by atoms with E-state index in [0.717, 1.165) is 22.8 Å². The Morgan fingerprint density at radius 3 is 2.73 bits per heavy atom. The molecule has 10 nitrogen and oxygen atoms in total. The number of aryl methyl sites for hydroxylation is 1. The molecule has 26 heavy (non-hydrogen) atoms. The van der Waals surface area contributed by atoms with Crippen LogP contribution in [0.2, 0.25) is 0 Å². The number of carbonyl (C=O) groups excluding carboxylic acids is 1. The number of carbonyl (C=O) groups is 1. The monoisotopic (exact) mass is 373 g/mol. The van der Waals surface area contributed by atoms with Crippen LogP contribution in [0.15, 0.2) is 24.5 Å². The largest absolute Gasteiger partial charge is 0.353 e. The van der Waals surface area contributed by atoms with Gasteiger partial charge in [0.05, 0.1) is 9.80 Å². The molecular weight excluding hydrogens is 358 g/mol. The fraction of sp³-hybridized carbons (Fsp3) is 0.333. The van der Waals surface area contributed by atoms with Crippen LogP contribution in [0.3, 0.4) is 0 Å². The first-order chi connectivity index (χ1) is 12.5. The molecule has 134 valence electrons. The molecule has 0 radical (unpaired) electrons. The first-order valence-electron chi connectivity index (χ1n) is 7.99. The van der Waals surface area contributed by atoms with Crippen molar-refractivity contribution in [1.29, 1.82) is 0 Å². The molecule has 1 aliphatic rings. The molecular formula is C15H15N7O3S. The summed E-state index contributed by atoms with van der Waals surface area (Å²) in [5.41, 5.74) is 0.852. The summed E-state index contributed by atoms with van der Waals surface area (Å²) >= 11 is 0.910. The average Bonchev–Trinajstić information content (AvgIpc) is 3.30. The average molecular weight is 373 g/mol. The zero-order chi connectivity index (χ0) is 18.3. The Hall–Kier alpha value is -3.08. The number of amides is 1. The zero-order valence-corrected chi connectivity index (χ0v) is 14.7. The number of piperazine rings is 1. The van der Waals surface area contributed by atoms with Gasteiger partial charge >= 0.3 is 5.00 Å². The first kappa shape index (κ1) is 16.4. The molecule has 0 bridgehead atoms. The highest BCUT2D eigenvalue weighted by atomic mass is 32.1. The number of nitro groups is 1. The SMILES string of the molecule is Cc1cc(N2CCN(C(=O)c3ccc([N+](=O)[O-])s3)CC2)n2ncnc2n1. The Morgan fingerprint density at radius 2 is 2.04 bits per heavy atom. The summed E-state index contributed by atoms with van der Waals surface area (Å²) in [7, 11) is 0. The lowest BCUT2D eigenvalue weighted by Crippen LogP contribution is -2.49. The fourth-order valence-electron chi connectivity index (χ4n) is 2.97. The van der Waals surface area contributed by atoms with Crippen molar-refractivity contribution in [2.75, 3.05) is 31.1 Å². The van der Waals surface area contributed by atoms with Crippen LogP contribution in [0.5, 0.6) is 0 Å². The van der Waals surface area contributed by atoms with Gasteiger partial charge in [0.1, 0.15) is 12.1 Å². The molecule has 0 saturated carbocycles. The summed E-state index contributed by atoms with van der Waals surface area (Å²) in [4.78, 5) is 35.6. The van der Waals surface area contributed by atoms with E-state index in [2.05, 4.69) is 20.0 Å². The molecule has 0 unspecified atom stereocenters. The third kappa shape index (κ3) is 2.86. The van der Waals surface area contributed by atoms with E-state index in [-0.39, 0.29) is 10.9 Å². The highest BCUT2D eigenvalue weighted by Crippen LogP contribution is 2.26. The van der Waals surface area contributed by atoms with Gasteiger partial charge in [-0.3, -0.25) is 14.9 Å². The minimum Gasteiger partial charge on any atom is -0.353 e. The van der Waals surface area contributed by atoms with Gasteiger partial charge in [-0.2, -0.15) is 14.6 Å². The minimum absolute atomic E-state index is 0.0205. The molecule has 0 N–H and O–H groups in total. The second-order valence-corrected chi connectivity index (χ2v) is 6.96. The van der Waals surface area contributed by atoms with Gasteiger partial charge in [-0.1, -0.05) is 11.3 Å². The smallest absolute Gasteiger partial charge is 0.324 e. The molecule has 0 aromatic carbocycles. The van der Waals surface area contributed by atoms with E-state index in [1.165, 1.54) is 18.5 Å². The van der Waals surface area contributed by atoms with Gasteiger partial charge in [0.15, 0.2) is 0 Å². The summed E-state index contributed by atoms with van der Waals surface area (Å²) < 4.78 is 1.69. The fourth-order valence-corrected chi connectivity index (χ4v) is 3.76. The van der Waals surface area contributed by atoms with Gasteiger partial charge in [0.25, 0.3) is 11.7 Å². The summed E-state index contributed by atoms with van der Waals surface area (Å²) in [5, 5.41) is 15.0. The molecule has 0 atom stereocenters. The third-order valence-electron chi connectivity index (χ3n) is 4.23. The zero-order valence-electron chi connectivity index (χ0n) is 13.9. The van der Waals surface area contributed by atoms with Gasteiger partial charge in [0.2, 0.25) is 0 Å². The molecule has 4 heterocycles. The van der Waals surface area contributed by atoms with Crippen molar-refractivity contribution in [1.82, 2.24) is 24.5 Å². The van der Waals surface area contributed by atoms with Crippen LogP contribution < -0.4 is 4.90 Å². The van der Waals surface area contributed by atoms with E-state index in [1.807, 2.05) is 13.0 Å². The molecule has 3 aromatic heterocycles. The lowest BCUT2D eigenvalue weighted by Gasteiger charge is -2.35. The van der Waals surface area contributed by atoms with Crippen LogP contribution >= 0.6 is 11.3 Å². The third-order valence-corrected chi connectivity index (χ3v) is 5.26. The van der Waals surface area contributed by atoms with E-state index in [4.69, 9.17) is 0 Å². The number of nitrogens with zero attached hydrogens (tertiary/aromatic N) is 7. The molecule has 1 fully saturated rings. The molecule has 1 aliphatic heterocycles. The van der Waals surface area contributed by atoms with Crippen LogP contribution in [0.25, 0.3) is 5.78 Å². The van der Waals surface area contributed by atoms with Crippen molar-refractivity contribution in [3.63, 3.8) is 0 Å². The van der Waals surface area contributed by atoms with E-state index < -0.39 is 4.92 Å². The summed E-state index contributed by atoms with van der Waals surface area (Å²) in [6.07, 6.45) is 1.47. The van der Waals surface area contributed by atoms with Crippen molar-refractivity contribution in [2.45, 2.75) is 6.92 Å². The van der Waals surface area contributed by atoms with E-state index in [1.54, 1.807) is 9.42 Å². The lowest BCUT2D eigenvalue weighted by atomic mass is 10.2. The topological polar surface area (TPSA) is 110 Å². The van der Waals surface area contributed by atoms with E-state index in [9.17, 15) is 14.9 Å². The Morgan fingerprint density at radius 1 is 1.27 bits per heavy atom. The molecule has 4 rings (SSSR count). The van der Waals surface area contributed by atoms with Crippen LogP contribution in [-0.4, -0.2) is 61.5 Å². The van der Waals surface area contributed by atoms with Gasteiger partial charge < -0.3 is 9.80 Å². The molecule has 0 aliphatic carbocycles. The number of hydrogen-bond acceptors (Lipinski definition) is 8. The van der Waals surface area contributed by atoms with Gasteiger partial charge in [-0.05, 0) is 13.0 Å². The lowest BCUT2D eigenvalue weighted by molar-refractivity contribution is -0.380. The van der Waals surface area contributed by atoms with Gasteiger partial charge in [0, 0.05) is 44.0 Å². The van der Waals surface area contributed by atoms with Crippen molar-refractivity contribution in [3.8, 4) is 0 Å². The number of thiophene rings is 1. The highest BCUT2D eigenvalue weighted by molar-refractivity contribution is 7.17. The maximum absolute atomic E-state index is 12.6. The predicted molar refractivity (Wildman–Crippen MR) is 94.6 cm³/mol. The molecule has 1 saturated heterocycles. The Kier molecular flexibility index (Phi) is 3.99. The molecule has 0 spiro atoms. The van der Waals surface area contributed by atoms with Crippen molar-refractivity contribution in [2.24, 2.45) is 0 Å². The molecule has 3 aromatic rings. The number of anilines is 1. The van der Waals surface area contributed by atoms with Crippen LogP contribution in [0, 0.1) is 17.0 Å². The van der Waals surface area contributed by atoms with Crippen molar-refractivity contribution < 1.29 is 9.72 Å². The molecule has 1 amide bonds. The summed E-state index contributed by atoms with van der Waals surface area (Å²) in [6, 6.07) is 4.83. The maximum Gasteiger partial charge on any atom is 0.324 e. The number of aromatic nitrogens is 4. The van der Waals surface area contributed by atoms with E-state index in [0.29, 0.717) is 36.8 Å². The predicted octanol–water partition coefficient (Wildman–Crippen LogP) is 1.36. The second kappa shape index (κ2) is 6.33. The quantitative estimate of drug-likeness (QED) is 0.503. The standard InChI is InChI=1S/C15H15N7O3S/c1-10-8-12(21-15(18-10)16-9-17-21)19-4-6-20(7-5-19)14(23)11-2-3-13(26-11)22(24)25/h2-3,8-9H,4-7H2,1H3. The van der Waals surface area contributed by atoms with Gasteiger partial charge in [-0.15, -0.1) is 0 Å².